The number of carbonyl (C=O) groups is 1. The van der Waals surface area contributed by atoms with E-state index in [4.69, 9.17) is 5.73 Å². The van der Waals surface area contributed by atoms with Gasteiger partial charge in [-0.25, -0.2) is 0 Å². The van der Waals surface area contributed by atoms with Crippen molar-refractivity contribution < 1.29 is 4.79 Å². The van der Waals surface area contributed by atoms with Gasteiger partial charge in [-0.05, 0) is 24.3 Å². The van der Waals surface area contributed by atoms with Crippen LogP contribution in [0.15, 0.2) is 12.2 Å². The molecule has 0 heterocycles. The zero-order valence-electron chi connectivity index (χ0n) is 8.92. The predicted molar refractivity (Wildman–Crippen MR) is 56.2 cm³/mol. The molecule has 76 valence electrons. The third-order valence-electron chi connectivity index (χ3n) is 2.03. The van der Waals surface area contributed by atoms with Gasteiger partial charge >= 0.3 is 0 Å². The molecular formula is C11H21NO. The summed E-state index contributed by atoms with van der Waals surface area (Å²) in [7, 11) is 0. The summed E-state index contributed by atoms with van der Waals surface area (Å²) in [5.41, 5.74) is 4.99. The number of amides is 1. The van der Waals surface area contributed by atoms with Gasteiger partial charge < -0.3 is 5.73 Å². The Morgan fingerprint density at radius 3 is 2.38 bits per heavy atom. The molecule has 0 aliphatic rings. The van der Waals surface area contributed by atoms with Crippen LogP contribution in [0.4, 0.5) is 0 Å². The SMILES string of the molecule is CC(C)CCC[C@H](C)/C=C/C(N)=O. The first-order valence-electron chi connectivity index (χ1n) is 5.00. The summed E-state index contributed by atoms with van der Waals surface area (Å²) < 4.78 is 0. The highest BCUT2D eigenvalue weighted by molar-refractivity contribution is 5.85. The Hall–Kier alpha value is -0.790. The maximum Gasteiger partial charge on any atom is 0.241 e. The second-order valence-corrected chi connectivity index (χ2v) is 4.06. The van der Waals surface area contributed by atoms with Crippen LogP contribution in [0.5, 0.6) is 0 Å². The van der Waals surface area contributed by atoms with Crippen LogP contribution in [0, 0.1) is 11.8 Å². The molecule has 2 nitrogen and oxygen atoms in total. The molecule has 0 rings (SSSR count). The predicted octanol–water partition coefficient (Wildman–Crippen LogP) is 2.49. The lowest BCUT2D eigenvalue weighted by atomic mass is 9.99. The van der Waals surface area contributed by atoms with Gasteiger partial charge in [0, 0.05) is 0 Å². The molecule has 1 atom stereocenters. The second kappa shape index (κ2) is 6.70. The number of hydrogen-bond donors (Lipinski definition) is 1. The van der Waals surface area contributed by atoms with E-state index in [0.29, 0.717) is 5.92 Å². The molecule has 2 N–H and O–H groups in total. The fourth-order valence-electron chi connectivity index (χ4n) is 1.20. The second-order valence-electron chi connectivity index (χ2n) is 4.06. The largest absolute Gasteiger partial charge is 0.366 e. The van der Waals surface area contributed by atoms with Gasteiger partial charge in [0.15, 0.2) is 0 Å². The molecule has 0 aliphatic carbocycles. The first kappa shape index (κ1) is 12.2. The van der Waals surface area contributed by atoms with Crippen LogP contribution >= 0.6 is 0 Å². The monoisotopic (exact) mass is 183 g/mol. The molecule has 0 spiro atoms. The van der Waals surface area contributed by atoms with Gasteiger partial charge in [0.2, 0.25) is 5.91 Å². The van der Waals surface area contributed by atoms with Gasteiger partial charge in [0.25, 0.3) is 0 Å². The van der Waals surface area contributed by atoms with E-state index in [0.717, 1.165) is 12.3 Å². The first-order valence-corrected chi connectivity index (χ1v) is 5.00. The molecular weight excluding hydrogens is 162 g/mol. The highest BCUT2D eigenvalue weighted by Crippen LogP contribution is 2.12. The first-order chi connectivity index (χ1) is 6.02. The van der Waals surface area contributed by atoms with E-state index in [-0.39, 0.29) is 5.91 Å². The van der Waals surface area contributed by atoms with Gasteiger partial charge in [-0.2, -0.15) is 0 Å². The van der Waals surface area contributed by atoms with E-state index in [1.54, 1.807) is 0 Å². The highest BCUT2D eigenvalue weighted by atomic mass is 16.1. The molecule has 0 saturated carbocycles. The minimum absolute atomic E-state index is 0.351. The lowest BCUT2D eigenvalue weighted by Gasteiger charge is -2.07. The van der Waals surface area contributed by atoms with Crippen molar-refractivity contribution in [3.63, 3.8) is 0 Å². The topological polar surface area (TPSA) is 43.1 Å². The summed E-state index contributed by atoms with van der Waals surface area (Å²) >= 11 is 0. The van der Waals surface area contributed by atoms with Crippen LogP contribution in [0.3, 0.4) is 0 Å². The molecule has 0 radical (unpaired) electrons. The standard InChI is InChI=1S/C11H21NO/c1-9(2)5-4-6-10(3)7-8-11(12)13/h7-10H,4-6H2,1-3H3,(H2,12,13)/b8-7+/t10-/m0/s1. The number of carbonyl (C=O) groups excluding carboxylic acids is 1. The Kier molecular flexibility index (Phi) is 6.29. The molecule has 0 fully saturated rings. The molecule has 1 amide bonds. The molecule has 0 unspecified atom stereocenters. The van der Waals surface area contributed by atoms with Crippen molar-refractivity contribution in [2.45, 2.75) is 40.0 Å². The van der Waals surface area contributed by atoms with Crippen molar-refractivity contribution in [1.82, 2.24) is 0 Å². The van der Waals surface area contributed by atoms with Crippen molar-refractivity contribution in [2.24, 2.45) is 17.6 Å². The van der Waals surface area contributed by atoms with Crippen molar-refractivity contribution in [3.8, 4) is 0 Å². The Morgan fingerprint density at radius 2 is 1.92 bits per heavy atom. The van der Waals surface area contributed by atoms with Gasteiger partial charge in [-0.1, -0.05) is 39.7 Å². The molecule has 2 heteroatoms. The van der Waals surface area contributed by atoms with E-state index in [2.05, 4.69) is 20.8 Å². The molecule has 0 aromatic carbocycles. The minimum atomic E-state index is -0.351. The Balaban J connectivity index is 3.51. The zero-order chi connectivity index (χ0) is 10.3. The lowest BCUT2D eigenvalue weighted by molar-refractivity contribution is -0.113. The minimum Gasteiger partial charge on any atom is -0.366 e. The van der Waals surface area contributed by atoms with E-state index in [1.807, 2.05) is 6.08 Å². The normalized spacial score (nSPS) is 13.8. The van der Waals surface area contributed by atoms with Crippen LogP contribution < -0.4 is 5.73 Å². The number of nitrogens with two attached hydrogens (primary N) is 1. The lowest BCUT2D eigenvalue weighted by Crippen LogP contribution is -2.06. The summed E-state index contributed by atoms with van der Waals surface area (Å²) in [6.07, 6.45) is 6.97. The maximum absolute atomic E-state index is 10.4. The zero-order valence-corrected chi connectivity index (χ0v) is 8.92. The van der Waals surface area contributed by atoms with Gasteiger partial charge in [0.1, 0.15) is 0 Å². The molecule has 0 aromatic heterocycles. The molecule has 0 saturated heterocycles. The number of hydrogen-bond acceptors (Lipinski definition) is 1. The number of rotatable bonds is 6. The number of allylic oxidation sites excluding steroid dienone is 1. The van der Waals surface area contributed by atoms with Crippen molar-refractivity contribution >= 4 is 5.91 Å². The summed E-state index contributed by atoms with van der Waals surface area (Å²) in [4.78, 5) is 10.4. The quantitative estimate of drug-likeness (QED) is 0.632. The third-order valence-corrected chi connectivity index (χ3v) is 2.03. The highest BCUT2D eigenvalue weighted by Gasteiger charge is 1.99. The van der Waals surface area contributed by atoms with Crippen LogP contribution in [-0.2, 0) is 4.79 Å². The Morgan fingerprint density at radius 1 is 1.31 bits per heavy atom. The average Bonchev–Trinajstić information content (AvgIpc) is 2.00. The molecule has 0 bridgehead atoms. The fourth-order valence-corrected chi connectivity index (χ4v) is 1.20. The summed E-state index contributed by atoms with van der Waals surface area (Å²) in [6.45, 7) is 6.56. The average molecular weight is 183 g/mol. The van der Waals surface area contributed by atoms with Crippen LogP contribution in [-0.4, -0.2) is 5.91 Å². The summed E-state index contributed by atoms with van der Waals surface area (Å²) in [5.74, 6) is 0.884. The van der Waals surface area contributed by atoms with Crippen molar-refractivity contribution in [1.29, 1.82) is 0 Å². The molecule has 0 aromatic rings. The van der Waals surface area contributed by atoms with Gasteiger partial charge in [-0.3, -0.25) is 4.79 Å². The fraction of sp³-hybridized carbons (Fsp3) is 0.727. The Labute approximate surface area is 81.2 Å². The summed E-state index contributed by atoms with van der Waals surface area (Å²) in [5, 5.41) is 0. The van der Waals surface area contributed by atoms with Gasteiger partial charge in [-0.15, -0.1) is 0 Å². The smallest absolute Gasteiger partial charge is 0.241 e. The third kappa shape index (κ3) is 9.12. The summed E-state index contributed by atoms with van der Waals surface area (Å²) in [6, 6.07) is 0. The van der Waals surface area contributed by atoms with Crippen LogP contribution in [0.25, 0.3) is 0 Å². The van der Waals surface area contributed by atoms with E-state index < -0.39 is 0 Å². The number of primary amides is 1. The van der Waals surface area contributed by atoms with E-state index >= 15 is 0 Å². The van der Waals surface area contributed by atoms with Crippen LogP contribution in [0.2, 0.25) is 0 Å². The van der Waals surface area contributed by atoms with Crippen molar-refractivity contribution in [2.75, 3.05) is 0 Å². The van der Waals surface area contributed by atoms with Crippen LogP contribution in [0.1, 0.15) is 40.0 Å². The molecule has 13 heavy (non-hydrogen) atoms. The Bertz CT molecular complexity index is 173. The van der Waals surface area contributed by atoms with Crippen molar-refractivity contribution in [3.05, 3.63) is 12.2 Å². The maximum atomic E-state index is 10.4. The van der Waals surface area contributed by atoms with E-state index in [9.17, 15) is 4.79 Å². The van der Waals surface area contributed by atoms with Gasteiger partial charge in [0.05, 0.1) is 0 Å². The van der Waals surface area contributed by atoms with E-state index in [1.165, 1.54) is 18.9 Å². The molecule has 0 aliphatic heterocycles.